The summed E-state index contributed by atoms with van der Waals surface area (Å²) in [5.41, 5.74) is 0.597. The maximum absolute atomic E-state index is 12.5. The van der Waals surface area contributed by atoms with Crippen LogP contribution in [-0.4, -0.2) is 34.5 Å². The van der Waals surface area contributed by atoms with Crippen molar-refractivity contribution in [3.05, 3.63) is 34.3 Å². The maximum atomic E-state index is 12.5. The predicted molar refractivity (Wildman–Crippen MR) is 75.1 cm³/mol. The van der Waals surface area contributed by atoms with Crippen LogP contribution in [0.2, 0.25) is 0 Å². The Morgan fingerprint density at radius 1 is 1.32 bits per heavy atom. The zero-order valence-electron chi connectivity index (χ0n) is 10.5. The zero-order chi connectivity index (χ0) is 13.8. The van der Waals surface area contributed by atoms with E-state index in [-0.39, 0.29) is 18.4 Å². The lowest BCUT2D eigenvalue weighted by Gasteiger charge is -2.35. The van der Waals surface area contributed by atoms with E-state index < -0.39 is 5.97 Å². The summed E-state index contributed by atoms with van der Waals surface area (Å²) < 4.78 is 0.750. The van der Waals surface area contributed by atoms with Gasteiger partial charge in [0.15, 0.2) is 0 Å². The molecule has 1 aliphatic heterocycles. The van der Waals surface area contributed by atoms with E-state index >= 15 is 0 Å². The van der Waals surface area contributed by atoms with Crippen LogP contribution in [0.3, 0.4) is 0 Å². The number of rotatable bonds is 3. The summed E-state index contributed by atoms with van der Waals surface area (Å²) in [5.74, 6) is -0.935. The molecule has 0 saturated carbocycles. The fourth-order valence-electron chi connectivity index (χ4n) is 2.47. The zero-order valence-corrected chi connectivity index (χ0v) is 12.1. The molecule has 1 aromatic carbocycles. The third kappa shape index (κ3) is 3.35. The molecular weight excluding hydrogens is 310 g/mol. The number of carbonyl (C=O) groups is 2. The summed E-state index contributed by atoms with van der Waals surface area (Å²) in [6.45, 7) is 0.637. The first-order valence-electron chi connectivity index (χ1n) is 6.37. The molecule has 2 rings (SSSR count). The highest BCUT2D eigenvalue weighted by atomic mass is 79.9. The Morgan fingerprint density at radius 3 is 2.74 bits per heavy atom. The van der Waals surface area contributed by atoms with E-state index in [2.05, 4.69) is 15.9 Å². The molecule has 102 valence electrons. The number of amides is 1. The van der Waals surface area contributed by atoms with Gasteiger partial charge in [0, 0.05) is 17.1 Å². The van der Waals surface area contributed by atoms with E-state index in [1.807, 2.05) is 18.2 Å². The van der Waals surface area contributed by atoms with Gasteiger partial charge < -0.3 is 10.0 Å². The first kappa shape index (κ1) is 14.1. The average Bonchev–Trinajstić information content (AvgIpc) is 2.38. The summed E-state index contributed by atoms with van der Waals surface area (Å²) >= 11 is 3.37. The minimum atomic E-state index is -0.850. The van der Waals surface area contributed by atoms with Gasteiger partial charge in [-0.15, -0.1) is 0 Å². The van der Waals surface area contributed by atoms with E-state index in [9.17, 15) is 9.59 Å². The van der Waals surface area contributed by atoms with Crippen LogP contribution in [0.25, 0.3) is 0 Å². The topological polar surface area (TPSA) is 57.6 Å². The van der Waals surface area contributed by atoms with Crippen molar-refractivity contribution in [2.45, 2.75) is 31.7 Å². The van der Waals surface area contributed by atoms with Gasteiger partial charge in [0.05, 0.1) is 12.0 Å². The van der Waals surface area contributed by atoms with E-state index in [4.69, 9.17) is 5.11 Å². The van der Waals surface area contributed by atoms with Crippen LogP contribution in [-0.2, 0) is 4.79 Å². The highest BCUT2D eigenvalue weighted by Crippen LogP contribution is 2.25. The van der Waals surface area contributed by atoms with Gasteiger partial charge in [-0.3, -0.25) is 9.59 Å². The van der Waals surface area contributed by atoms with Crippen molar-refractivity contribution < 1.29 is 14.7 Å². The molecule has 1 amide bonds. The van der Waals surface area contributed by atoms with Crippen molar-refractivity contribution in [2.75, 3.05) is 6.54 Å². The van der Waals surface area contributed by atoms with Gasteiger partial charge in [0.1, 0.15) is 0 Å². The first-order chi connectivity index (χ1) is 9.09. The quantitative estimate of drug-likeness (QED) is 0.929. The SMILES string of the molecule is O=C(O)CC1CCCCN1C(=O)c1ccccc1Br. The Morgan fingerprint density at radius 2 is 2.05 bits per heavy atom. The fourth-order valence-corrected chi connectivity index (χ4v) is 2.93. The molecule has 1 fully saturated rings. The monoisotopic (exact) mass is 325 g/mol. The summed E-state index contributed by atoms with van der Waals surface area (Å²) in [7, 11) is 0. The number of carbonyl (C=O) groups excluding carboxylic acids is 1. The van der Waals surface area contributed by atoms with Crippen LogP contribution in [0.15, 0.2) is 28.7 Å². The van der Waals surface area contributed by atoms with Gasteiger partial charge in [-0.25, -0.2) is 0 Å². The smallest absolute Gasteiger partial charge is 0.305 e. The largest absolute Gasteiger partial charge is 0.481 e. The molecule has 1 unspecified atom stereocenters. The Balaban J connectivity index is 2.20. The fraction of sp³-hybridized carbons (Fsp3) is 0.429. The van der Waals surface area contributed by atoms with Crippen molar-refractivity contribution >= 4 is 27.8 Å². The van der Waals surface area contributed by atoms with Crippen LogP contribution in [0, 0.1) is 0 Å². The standard InChI is InChI=1S/C14H16BrNO3/c15-12-7-2-1-6-11(12)14(19)16-8-4-3-5-10(16)9-13(17)18/h1-2,6-7,10H,3-5,8-9H2,(H,17,18). The minimum Gasteiger partial charge on any atom is -0.481 e. The van der Waals surface area contributed by atoms with Crippen molar-refractivity contribution in [3.63, 3.8) is 0 Å². The third-order valence-corrected chi connectivity index (χ3v) is 4.09. The molecule has 0 aliphatic carbocycles. The highest BCUT2D eigenvalue weighted by molar-refractivity contribution is 9.10. The van der Waals surface area contributed by atoms with E-state index in [1.165, 1.54) is 0 Å². The molecule has 0 spiro atoms. The van der Waals surface area contributed by atoms with Gasteiger partial charge in [0.25, 0.3) is 5.91 Å². The van der Waals surface area contributed by atoms with E-state index in [1.54, 1.807) is 11.0 Å². The Kier molecular flexibility index (Phi) is 4.58. The van der Waals surface area contributed by atoms with Crippen LogP contribution < -0.4 is 0 Å². The van der Waals surface area contributed by atoms with Gasteiger partial charge in [0.2, 0.25) is 0 Å². The van der Waals surface area contributed by atoms with Gasteiger partial charge >= 0.3 is 5.97 Å². The molecule has 19 heavy (non-hydrogen) atoms. The number of piperidine rings is 1. The first-order valence-corrected chi connectivity index (χ1v) is 7.16. The van der Waals surface area contributed by atoms with Gasteiger partial charge in [-0.2, -0.15) is 0 Å². The number of likely N-dealkylation sites (tertiary alicyclic amines) is 1. The number of hydrogen-bond donors (Lipinski definition) is 1. The minimum absolute atomic E-state index is 0.0240. The average molecular weight is 326 g/mol. The van der Waals surface area contributed by atoms with Crippen molar-refractivity contribution in [1.82, 2.24) is 4.90 Å². The predicted octanol–water partition coefficient (Wildman–Crippen LogP) is 2.92. The number of carboxylic acid groups (broad SMARTS) is 1. The second-order valence-corrected chi connectivity index (χ2v) is 5.58. The number of halogens is 1. The Bertz CT molecular complexity index is 489. The summed E-state index contributed by atoms with van der Waals surface area (Å²) in [6, 6.07) is 7.06. The maximum Gasteiger partial charge on any atom is 0.305 e. The van der Waals surface area contributed by atoms with E-state index in [0.717, 1.165) is 23.7 Å². The number of aliphatic carboxylic acids is 1. The van der Waals surface area contributed by atoms with Crippen LogP contribution >= 0.6 is 15.9 Å². The summed E-state index contributed by atoms with van der Waals surface area (Å²) in [5, 5.41) is 8.94. The molecular formula is C14H16BrNO3. The molecule has 1 heterocycles. The second-order valence-electron chi connectivity index (χ2n) is 4.73. The molecule has 1 aliphatic rings. The lowest BCUT2D eigenvalue weighted by molar-refractivity contribution is -0.138. The number of carboxylic acids is 1. The molecule has 0 bridgehead atoms. The molecule has 1 aromatic rings. The second kappa shape index (κ2) is 6.19. The van der Waals surface area contributed by atoms with Crippen LogP contribution in [0.5, 0.6) is 0 Å². The van der Waals surface area contributed by atoms with Crippen LogP contribution in [0.1, 0.15) is 36.0 Å². The van der Waals surface area contributed by atoms with Crippen molar-refractivity contribution in [2.24, 2.45) is 0 Å². The molecule has 1 saturated heterocycles. The Labute approximate surface area is 120 Å². The molecule has 0 radical (unpaired) electrons. The highest BCUT2D eigenvalue weighted by Gasteiger charge is 2.29. The lowest BCUT2D eigenvalue weighted by Crippen LogP contribution is -2.44. The van der Waals surface area contributed by atoms with Crippen LogP contribution in [0.4, 0.5) is 0 Å². The summed E-state index contributed by atoms with van der Waals surface area (Å²) in [4.78, 5) is 25.1. The number of hydrogen-bond acceptors (Lipinski definition) is 2. The Hall–Kier alpha value is -1.36. The summed E-state index contributed by atoms with van der Waals surface area (Å²) in [6.07, 6.45) is 2.71. The normalized spacial score (nSPS) is 19.2. The molecule has 0 aromatic heterocycles. The van der Waals surface area contributed by atoms with Crippen molar-refractivity contribution in [3.8, 4) is 0 Å². The molecule has 1 N–H and O–H groups in total. The van der Waals surface area contributed by atoms with Gasteiger partial charge in [-0.1, -0.05) is 12.1 Å². The third-order valence-electron chi connectivity index (χ3n) is 3.40. The lowest BCUT2D eigenvalue weighted by atomic mass is 9.98. The molecule has 1 atom stereocenters. The van der Waals surface area contributed by atoms with Crippen molar-refractivity contribution in [1.29, 1.82) is 0 Å². The van der Waals surface area contributed by atoms with Gasteiger partial charge in [-0.05, 0) is 47.3 Å². The molecule has 4 nitrogen and oxygen atoms in total. The number of nitrogens with zero attached hydrogens (tertiary/aromatic N) is 1. The molecule has 5 heteroatoms. The number of benzene rings is 1. The van der Waals surface area contributed by atoms with E-state index in [0.29, 0.717) is 12.1 Å².